The van der Waals surface area contributed by atoms with Gasteiger partial charge < -0.3 is 5.73 Å². The van der Waals surface area contributed by atoms with E-state index in [0.717, 1.165) is 11.3 Å². The van der Waals surface area contributed by atoms with Gasteiger partial charge in [-0.25, -0.2) is 9.97 Å². The van der Waals surface area contributed by atoms with Crippen molar-refractivity contribution in [1.29, 1.82) is 0 Å². The molecule has 0 amide bonds. The number of aryl methyl sites for hydroxylation is 1. The number of nitrogen functional groups attached to an aromatic ring is 1. The Kier molecular flexibility index (Phi) is 2.30. The van der Waals surface area contributed by atoms with Crippen molar-refractivity contribution >= 4 is 27.2 Å². The second-order valence-electron chi connectivity index (χ2n) is 3.90. The number of hydrogen-bond donors (Lipinski definition) is 1. The van der Waals surface area contributed by atoms with Crippen molar-refractivity contribution in [3.05, 3.63) is 41.4 Å². The third-order valence-electron chi connectivity index (χ3n) is 2.60. The monoisotopic (exact) mass is 241 g/mol. The van der Waals surface area contributed by atoms with Crippen molar-refractivity contribution in [1.82, 2.24) is 9.97 Å². The minimum atomic E-state index is 0.516. The van der Waals surface area contributed by atoms with Crippen molar-refractivity contribution in [3.63, 3.8) is 0 Å². The van der Waals surface area contributed by atoms with E-state index >= 15 is 0 Å². The van der Waals surface area contributed by atoms with Crippen LogP contribution in [0.15, 0.2) is 35.7 Å². The van der Waals surface area contributed by atoms with E-state index in [0.29, 0.717) is 11.6 Å². The maximum Gasteiger partial charge on any atom is 0.163 e. The van der Waals surface area contributed by atoms with Gasteiger partial charge in [0.2, 0.25) is 0 Å². The zero-order valence-corrected chi connectivity index (χ0v) is 10.2. The number of rotatable bonds is 1. The Balaban J connectivity index is 2.27. The molecule has 17 heavy (non-hydrogen) atoms. The van der Waals surface area contributed by atoms with E-state index < -0.39 is 0 Å². The van der Waals surface area contributed by atoms with Crippen LogP contribution in [-0.2, 0) is 0 Å². The van der Waals surface area contributed by atoms with Crippen molar-refractivity contribution in [3.8, 4) is 11.4 Å². The highest BCUT2D eigenvalue weighted by molar-refractivity contribution is 7.17. The van der Waals surface area contributed by atoms with E-state index in [4.69, 9.17) is 5.73 Å². The van der Waals surface area contributed by atoms with Crippen molar-refractivity contribution in [2.24, 2.45) is 0 Å². The summed E-state index contributed by atoms with van der Waals surface area (Å²) in [5.74, 6) is 1.22. The molecule has 3 rings (SSSR count). The molecule has 0 saturated heterocycles. The zero-order chi connectivity index (χ0) is 11.8. The Hall–Kier alpha value is -1.94. The topological polar surface area (TPSA) is 51.8 Å². The van der Waals surface area contributed by atoms with Gasteiger partial charge in [-0.15, -0.1) is 11.3 Å². The van der Waals surface area contributed by atoms with Crippen LogP contribution in [0.25, 0.3) is 21.5 Å². The molecule has 2 heterocycles. The van der Waals surface area contributed by atoms with Gasteiger partial charge in [-0.2, -0.15) is 0 Å². The fourth-order valence-corrected chi connectivity index (χ4v) is 2.80. The lowest BCUT2D eigenvalue weighted by atomic mass is 10.1. The predicted octanol–water partition coefficient (Wildman–Crippen LogP) is 3.25. The molecular weight excluding hydrogens is 230 g/mol. The van der Waals surface area contributed by atoms with E-state index in [1.54, 1.807) is 17.4 Å². The number of fused-ring (bicyclic) bond motifs is 1. The molecule has 0 aliphatic carbocycles. The van der Waals surface area contributed by atoms with Gasteiger partial charge in [0.25, 0.3) is 0 Å². The van der Waals surface area contributed by atoms with Crippen LogP contribution in [-0.4, -0.2) is 9.97 Å². The van der Waals surface area contributed by atoms with Gasteiger partial charge in [0, 0.05) is 32.8 Å². The van der Waals surface area contributed by atoms with Crippen molar-refractivity contribution in [2.75, 3.05) is 5.73 Å². The maximum atomic E-state index is 5.76. The Bertz CT molecular complexity index is 668. The first kappa shape index (κ1) is 10.2. The number of nitrogens with two attached hydrogens (primary N) is 1. The standard InChI is InChI=1S/C13H11N3S/c1-8-6-12(14)16-13(15-8)10-7-17-11-5-3-2-4-9(10)11/h2-7H,1H3,(H2,14,15,16). The maximum absolute atomic E-state index is 5.76. The minimum absolute atomic E-state index is 0.516. The first-order valence-electron chi connectivity index (χ1n) is 5.32. The number of nitrogens with zero attached hydrogens (tertiary/aromatic N) is 2. The smallest absolute Gasteiger partial charge is 0.163 e. The van der Waals surface area contributed by atoms with Crippen molar-refractivity contribution in [2.45, 2.75) is 6.92 Å². The highest BCUT2D eigenvalue weighted by atomic mass is 32.1. The van der Waals surface area contributed by atoms with Crippen LogP contribution >= 0.6 is 11.3 Å². The molecule has 0 atom stereocenters. The largest absolute Gasteiger partial charge is 0.384 e. The molecule has 0 bridgehead atoms. The second-order valence-corrected chi connectivity index (χ2v) is 4.81. The van der Waals surface area contributed by atoms with E-state index in [-0.39, 0.29) is 0 Å². The molecule has 0 radical (unpaired) electrons. The Morgan fingerprint density at radius 1 is 1.18 bits per heavy atom. The molecule has 0 aliphatic rings. The summed E-state index contributed by atoms with van der Waals surface area (Å²) in [6, 6.07) is 10.0. The SMILES string of the molecule is Cc1cc(N)nc(-c2csc3ccccc23)n1. The van der Waals surface area contributed by atoms with Crippen LogP contribution in [0.1, 0.15) is 5.69 Å². The molecule has 84 valence electrons. The van der Waals surface area contributed by atoms with E-state index in [9.17, 15) is 0 Å². The molecule has 0 saturated carbocycles. The highest BCUT2D eigenvalue weighted by Gasteiger charge is 2.09. The first-order valence-corrected chi connectivity index (χ1v) is 6.20. The molecular formula is C13H11N3S. The zero-order valence-electron chi connectivity index (χ0n) is 9.34. The van der Waals surface area contributed by atoms with Gasteiger partial charge in [0.15, 0.2) is 5.82 Å². The summed E-state index contributed by atoms with van der Waals surface area (Å²) in [5, 5.41) is 3.27. The molecule has 3 nitrogen and oxygen atoms in total. The molecule has 2 aromatic heterocycles. The predicted molar refractivity (Wildman–Crippen MR) is 72.0 cm³/mol. The lowest BCUT2D eigenvalue weighted by Crippen LogP contribution is -1.96. The quantitative estimate of drug-likeness (QED) is 0.711. The summed E-state index contributed by atoms with van der Waals surface area (Å²) in [5.41, 5.74) is 7.71. The molecule has 4 heteroatoms. The minimum Gasteiger partial charge on any atom is -0.384 e. The molecule has 1 aromatic carbocycles. The molecule has 2 N–H and O–H groups in total. The van der Waals surface area contributed by atoms with E-state index in [1.807, 2.05) is 19.1 Å². The number of hydrogen-bond acceptors (Lipinski definition) is 4. The summed E-state index contributed by atoms with van der Waals surface area (Å²) < 4.78 is 1.24. The Morgan fingerprint density at radius 3 is 2.82 bits per heavy atom. The molecule has 0 aliphatic heterocycles. The summed E-state index contributed by atoms with van der Waals surface area (Å²) in [6.45, 7) is 1.93. The lowest BCUT2D eigenvalue weighted by molar-refractivity contribution is 1.12. The van der Waals surface area contributed by atoms with Gasteiger partial charge in [0.1, 0.15) is 5.82 Å². The normalized spacial score (nSPS) is 10.9. The van der Waals surface area contributed by atoms with Gasteiger partial charge in [-0.1, -0.05) is 18.2 Å². The number of aromatic nitrogens is 2. The summed E-state index contributed by atoms with van der Waals surface area (Å²) in [7, 11) is 0. The second kappa shape index (κ2) is 3.82. The van der Waals surface area contributed by atoms with E-state index in [2.05, 4.69) is 27.5 Å². The number of benzene rings is 1. The lowest BCUT2D eigenvalue weighted by Gasteiger charge is -2.01. The fourth-order valence-electron chi connectivity index (χ4n) is 1.86. The summed E-state index contributed by atoms with van der Waals surface area (Å²) in [4.78, 5) is 8.74. The molecule has 0 spiro atoms. The fraction of sp³-hybridized carbons (Fsp3) is 0.0769. The van der Waals surface area contributed by atoms with Gasteiger partial charge in [-0.05, 0) is 13.0 Å². The Labute approximate surface area is 103 Å². The summed E-state index contributed by atoms with van der Waals surface area (Å²) >= 11 is 1.70. The Morgan fingerprint density at radius 2 is 2.00 bits per heavy atom. The molecule has 0 unspecified atom stereocenters. The average molecular weight is 241 g/mol. The first-order chi connectivity index (χ1) is 8.24. The number of thiophene rings is 1. The van der Waals surface area contributed by atoms with Crippen molar-refractivity contribution < 1.29 is 0 Å². The molecule has 0 fully saturated rings. The number of anilines is 1. The van der Waals surface area contributed by atoms with Crippen LogP contribution in [0, 0.1) is 6.92 Å². The van der Waals surface area contributed by atoms with Gasteiger partial charge in [-0.3, -0.25) is 0 Å². The van der Waals surface area contributed by atoms with Crippen LogP contribution < -0.4 is 5.73 Å². The van der Waals surface area contributed by atoms with Gasteiger partial charge >= 0.3 is 0 Å². The third-order valence-corrected chi connectivity index (χ3v) is 3.56. The summed E-state index contributed by atoms with van der Waals surface area (Å²) in [6.07, 6.45) is 0. The van der Waals surface area contributed by atoms with E-state index in [1.165, 1.54) is 10.1 Å². The van der Waals surface area contributed by atoms with Crippen LogP contribution in [0.5, 0.6) is 0 Å². The van der Waals surface area contributed by atoms with Gasteiger partial charge in [0.05, 0.1) is 0 Å². The third kappa shape index (κ3) is 1.76. The van der Waals surface area contributed by atoms with Crippen LogP contribution in [0.4, 0.5) is 5.82 Å². The molecule has 3 aromatic rings. The van der Waals surface area contributed by atoms with Crippen LogP contribution in [0.3, 0.4) is 0 Å². The van der Waals surface area contributed by atoms with Crippen LogP contribution in [0.2, 0.25) is 0 Å². The average Bonchev–Trinajstić information content (AvgIpc) is 2.71. The highest BCUT2D eigenvalue weighted by Crippen LogP contribution is 2.32.